The predicted octanol–water partition coefficient (Wildman–Crippen LogP) is 2.53. The molecule has 0 atom stereocenters. The molecule has 0 spiro atoms. The van der Waals surface area contributed by atoms with Crippen LogP contribution in [-0.4, -0.2) is 9.55 Å². The van der Waals surface area contributed by atoms with Crippen LogP contribution in [0.3, 0.4) is 0 Å². The molecule has 2 heteroatoms. The number of rotatable bonds is 6. The summed E-state index contributed by atoms with van der Waals surface area (Å²) in [4.78, 5) is 4.34. The molecule has 1 heterocycles. The lowest BCUT2D eigenvalue weighted by atomic mass is 10.2. The van der Waals surface area contributed by atoms with Gasteiger partial charge >= 0.3 is 0 Å². The highest BCUT2D eigenvalue weighted by Crippen LogP contribution is 2.10. The number of imidazole rings is 1. The van der Waals surface area contributed by atoms with E-state index in [1.165, 1.54) is 5.69 Å². The lowest BCUT2D eigenvalue weighted by Gasteiger charge is -2.04. The molecule has 1 aromatic heterocycles. The van der Waals surface area contributed by atoms with Crippen molar-refractivity contribution in [3.63, 3.8) is 0 Å². The fourth-order valence-corrected chi connectivity index (χ4v) is 1.42. The molecule has 0 aliphatic carbocycles. The first-order valence-electron chi connectivity index (χ1n) is 4.69. The van der Waals surface area contributed by atoms with Gasteiger partial charge in [0.05, 0.1) is 12.0 Å². The summed E-state index contributed by atoms with van der Waals surface area (Å²) >= 11 is 0. The molecule has 0 bridgehead atoms. The lowest BCUT2D eigenvalue weighted by molar-refractivity contribution is 0.773. The van der Waals surface area contributed by atoms with Crippen LogP contribution in [0.1, 0.15) is 11.4 Å². The molecule has 0 saturated heterocycles. The van der Waals surface area contributed by atoms with E-state index in [1.54, 1.807) is 0 Å². The molecule has 74 valence electrons. The van der Waals surface area contributed by atoms with Crippen LogP contribution in [0.4, 0.5) is 0 Å². The van der Waals surface area contributed by atoms with Crippen LogP contribution in [0.5, 0.6) is 0 Å². The minimum absolute atomic E-state index is 0.799. The summed E-state index contributed by atoms with van der Waals surface area (Å²) in [7, 11) is 0. The largest absolute Gasteiger partial charge is 0.330 e. The van der Waals surface area contributed by atoms with Gasteiger partial charge in [-0.05, 0) is 0 Å². The Morgan fingerprint density at radius 3 is 2.43 bits per heavy atom. The Balaban J connectivity index is 2.98. The summed E-state index contributed by atoms with van der Waals surface area (Å²) in [6, 6.07) is 0. The molecule has 1 rings (SSSR count). The van der Waals surface area contributed by atoms with Crippen molar-refractivity contribution in [1.82, 2.24) is 9.55 Å². The smallest absolute Gasteiger partial charge is 0.0954 e. The van der Waals surface area contributed by atoms with Crippen molar-refractivity contribution in [3.05, 3.63) is 55.7 Å². The van der Waals surface area contributed by atoms with Crippen LogP contribution in [0.2, 0.25) is 0 Å². The van der Waals surface area contributed by atoms with Crippen molar-refractivity contribution < 1.29 is 0 Å². The monoisotopic (exact) mass is 188 g/mol. The van der Waals surface area contributed by atoms with Gasteiger partial charge in [-0.25, -0.2) is 4.98 Å². The summed E-state index contributed by atoms with van der Waals surface area (Å²) in [6.45, 7) is 12.0. The van der Waals surface area contributed by atoms with Gasteiger partial charge in [-0.3, -0.25) is 0 Å². The van der Waals surface area contributed by atoms with Crippen molar-refractivity contribution in [2.24, 2.45) is 0 Å². The van der Waals surface area contributed by atoms with Gasteiger partial charge in [0.2, 0.25) is 0 Å². The van der Waals surface area contributed by atoms with Gasteiger partial charge in [-0.15, -0.1) is 19.7 Å². The van der Waals surface area contributed by atoms with E-state index in [0.29, 0.717) is 0 Å². The maximum Gasteiger partial charge on any atom is 0.0954 e. The van der Waals surface area contributed by atoms with Crippen LogP contribution in [-0.2, 0) is 19.4 Å². The third kappa shape index (κ3) is 2.22. The number of aromatic nitrogens is 2. The van der Waals surface area contributed by atoms with Gasteiger partial charge < -0.3 is 4.57 Å². The molecule has 14 heavy (non-hydrogen) atoms. The Morgan fingerprint density at radius 2 is 1.86 bits per heavy atom. The van der Waals surface area contributed by atoms with Crippen molar-refractivity contribution >= 4 is 0 Å². The van der Waals surface area contributed by atoms with Gasteiger partial charge in [0, 0.05) is 25.1 Å². The molecular formula is C12H16N2. The Kier molecular flexibility index (Phi) is 3.92. The zero-order valence-electron chi connectivity index (χ0n) is 8.45. The highest BCUT2D eigenvalue weighted by molar-refractivity contribution is 5.18. The highest BCUT2D eigenvalue weighted by atomic mass is 15.0. The maximum atomic E-state index is 4.34. The summed E-state index contributed by atoms with van der Waals surface area (Å²) in [5.41, 5.74) is 2.29. The van der Waals surface area contributed by atoms with E-state index in [4.69, 9.17) is 0 Å². The van der Waals surface area contributed by atoms with Crippen molar-refractivity contribution in [3.8, 4) is 0 Å². The SMILES string of the molecule is C=CCc1ncn(CC=C)c1CC=C. The second-order valence-electron chi connectivity index (χ2n) is 3.06. The third-order valence-electron chi connectivity index (χ3n) is 2.03. The Bertz CT molecular complexity index is 307. The third-order valence-corrected chi connectivity index (χ3v) is 2.03. The zero-order chi connectivity index (χ0) is 10.4. The lowest BCUT2D eigenvalue weighted by Crippen LogP contribution is -2.01. The molecule has 0 amide bonds. The molecule has 0 saturated carbocycles. The summed E-state index contributed by atoms with van der Waals surface area (Å²) in [6.07, 6.45) is 9.13. The number of hydrogen-bond donors (Lipinski definition) is 0. The minimum Gasteiger partial charge on any atom is -0.330 e. The molecule has 2 nitrogen and oxygen atoms in total. The first-order valence-corrected chi connectivity index (χ1v) is 4.69. The van der Waals surface area contributed by atoms with E-state index >= 15 is 0 Å². The number of hydrogen-bond acceptors (Lipinski definition) is 1. The normalized spacial score (nSPS) is 9.71. The van der Waals surface area contributed by atoms with Gasteiger partial charge in [-0.1, -0.05) is 18.2 Å². The molecule has 0 aromatic carbocycles. The first-order chi connectivity index (χ1) is 6.83. The summed E-state index contributed by atoms with van der Waals surface area (Å²) in [5, 5.41) is 0. The average Bonchev–Trinajstić information content (AvgIpc) is 2.52. The second kappa shape index (κ2) is 5.22. The second-order valence-corrected chi connectivity index (χ2v) is 3.06. The molecular weight excluding hydrogens is 172 g/mol. The van der Waals surface area contributed by atoms with Gasteiger partial charge in [0.15, 0.2) is 0 Å². The Hall–Kier alpha value is -1.57. The highest BCUT2D eigenvalue weighted by Gasteiger charge is 2.06. The van der Waals surface area contributed by atoms with E-state index in [0.717, 1.165) is 25.1 Å². The van der Waals surface area contributed by atoms with Crippen molar-refractivity contribution in [1.29, 1.82) is 0 Å². The standard InChI is InChI=1S/C12H16N2/c1-4-7-11-12(8-5-2)14(9-6-3)10-13-11/h4-6,10H,1-3,7-9H2. The molecule has 1 aromatic rings. The van der Waals surface area contributed by atoms with Crippen LogP contribution >= 0.6 is 0 Å². The minimum atomic E-state index is 0.799. The molecule has 0 unspecified atom stereocenters. The number of allylic oxidation sites excluding steroid dienone is 3. The molecule has 0 fully saturated rings. The van der Waals surface area contributed by atoms with Gasteiger partial charge in [0.1, 0.15) is 0 Å². The first kappa shape index (κ1) is 10.5. The summed E-state index contributed by atoms with van der Waals surface area (Å²) in [5.74, 6) is 0. The summed E-state index contributed by atoms with van der Waals surface area (Å²) < 4.78 is 2.09. The van der Waals surface area contributed by atoms with E-state index in [1.807, 2.05) is 24.6 Å². The van der Waals surface area contributed by atoms with Crippen molar-refractivity contribution in [2.75, 3.05) is 0 Å². The Morgan fingerprint density at radius 1 is 1.14 bits per heavy atom. The van der Waals surface area contributed by atoms with E-state index in [-0.39, 0.29) is 0 Å². The van der Waals surface area contributed by atoms with Gasteiger partial charge in [-0.2, -0.15) is 0 Å². The molecule has 0 aliphatic heterocycles. The van der Waals surface area contributed by atoms with Crippen LogP contribution < -0.4 is 0 Å². The molecule has 0 radical (unpaired) electrons. The molecule has 0 aliphatic rings. The quantitative estimate of drug-likeness (QED) is 0.627. The molecule has 0 N–H and O–H groups in total. The van der Waals surface area contributed by atoms with Gasteiger partial charge in [0.25, 0.3) is 0 Å². The van der Waals surface area contributed by atoms with E-state index < -0.39 is 0 Å². The fourth-order valence-electron chi connectivity index (χ4n) is 1.42. The average molecular weight is 188 g/mol. The van der Waals surface area contributed by atoms with Crippen molar-refractivity contribution in [2.45, 2.75) is 19.4 Å². The maximum absolute atomic E-state index is 4.34. The topological polar surface area (TPSA) is 17.8 Å². The zero-order valence-corrected chi connectivity index (χ0v) is 8.45. The number of nitrogens with zero attached hydrogens (tertiary/aromatic N) is 2. The fraction of sp³-hybridized carbons (Fsp3) is 0.250. The van der Waals surface area contributed by atoms with Crippen LogP contribution in [0, 0.1) is 0 Å². The van der Waals surface area contributed by atoms with Crippen LogP contribution in [0.25, 0.3) is 0 Å². The van der Waals surface area contributed by atoms with E-state index in [9.17, 15) is 0 Å². The Labute approximate surface area is 85.3 Å². The predicted molar refractivity (Wildman–Crippen MR) is 60.2 cm³/mol. The van der Waals surface area contributed by atoms with Crippen LogP contribution in [0.15, 0.2) is 44.3 Å². The van der Waals surface area contributed by atoms with E-state index in [2.05, 4.69) is 29.3 Å².